The van der Waals surface area contributed by atoms with Crippen molar-refractivity contribution in [2.45, 2.75) is 89.6 Å². The number of hydrogen-bond donors (Lipinski definition) is 2. The fourth-order valence-electron chi connectivity index (χ4n) is 3.09. The Bertz CT molecular complexity index is 255. The Morgan fingerprint density at radius 3 is 2.30 bits per heavy atom. The van der Waals surface area contributed by atoms with Crippen molar-refractivity contribution in [3.63, 3.8) is 0 Å². The molecule has 1 unspecified atom stereocenters. The molecule has 0 radical (unpaired) electrons. The molecular weight excluding hydrogens is 252 g/mol. The van der Waals surface area contributed by atoms with Crippen molar-refractivity contribution >= 4 is 0 Å². The molecule has 0 aromatic rings. The normalized spacial score (nSPS) is 25.4. The number of hydrogen-bond acceptors (Lipinski definition) is 4. The van der Waals surface area contributed by atoms with E-state index >= 15 is 0 Å². The molecule has 118 valence electrons. The van der Waals surface area contributed by atoms with Crippen molar-refractivity contribution in [2.75, 3.05) is 13.1 Å². The van der Waals surface area contributed by atoms with Gasteiger partial charge in [0.25, 0.3) is 0 Å². The molecule has 0 aromatic carbocycles. The first-order valence-corrected chi connectivity index (χ1v) is 8.67. The van der Waals surface area contributed by atoms with Crippen LogP contribution in [0.4, 0.5) is 0 Å². The zero-order valence-corrected chi connectivity index (χ0v) is 13.1. The van der Waals surface area contributed by atoms with Crippen LogP contribution in [0.15, 0.2) is 0 Å². The molecule has 2 aliphatic rings. The van der Waals surface area contributed by atoms with E-state index in [-0.39, 0.29) is 12.0 Å². The molecule has 0 aliphatic carbocycles. The minimum absolute atomic E-state index is 0.105. The average Bonchev–Trinajstić information content (AvgIpc) is 2.85. The van der Waals surface area contributed by atoms with Crippen LogP contribution in [0.5, 0.6) is 0 Å². The second-order valence-electron chi connectivity index (χ2n) is 6.25. The molecule has 2 heterocycles. The van der Waals surface area contributed by atoms with Crippen molar-refractivity contribution in [2.24, 2.45) is 0 Å². The van der Waals surface area contributed by atoms with Crippen LogP contribution in [-0.2, 0) is 9.57 Å². The second kappa shape index (κ2) is 8.98. The standard InChI is InChI=1S/C16H32N2O2/c1-2-3-4-5-6-7-8-9-10-15-18-20-16(19-15)11-13-17-14-12-16/h15,17-18H,2-14H2,1H3. The smallest absolute Gasteiger partial charge is 0.192 e. The summed E-state index contributed by atoms with van der Waals surface area (Å²) in [6, 6.07) is 0. The summed E-state index contributed by atoms with van der Waals surface area (Å²) < 4.78 is 6.08. The van der Waals surface area contributed by atoms with Gasteiger partial charge in [-0.05, 0) is 12.8 Å². The van der Waals surface area contributed by atoms with Crippen LogP contribution in [0.1, 0.15) is 77.6 Å². The molecule has 2 N–H and O–H groups in total. The van der Waals surface area contributed by atoms with Crippen molar-refractivity contribution < 1.29 is 9.57 Å². The lowest BCUT2D eigenvalue weighted by atomic mass is 10.1. The largest absolute Gasteiger partial charge is 0.328 e. The Morgan fingerprint density at radius 2 is 1.60 bits per heavy atom. The number of nitrogens with one attached hydrogen (secondary N) is 2. The third-order valence-corrected chi connectivity index (χ3v) is 4.42. The quantitative estimate of drug-likeness (QED) is 0.636. The van der Waals surface area contributed by atoms with E-state index in [2.05, 4.69) is 17.7 Å². The van der Waals surface area contributed by atoms with Crippen molar-refractivity contribution in [3.05, 3.63) is 0 Å². The Hall–Kier alpha value is -0.160. The van der Waals surface area contributed by atoms with Crippen LogP contribution in [0.2, 0.25) is 0 Å². The average molecular weight is 284 g/mol. The fraction of sp³-hybridized carbons (Fsp3) is 1.00. The van der Waals surface area contributed by atoms with Gasteiger partial charge in [0.15, 0.2) is 5.79 Å². The maximum atomic E-state index is 6.08. The van der Waals surface area contributed by atoms with Crippen molar-refractivity contribution in [3.8, 4) is 0 Å². The van der Waals surface area contributed by atoms with E-state index in [4.69, 9.17) is 9.57 Å². The molecule has 0 bridgehead atoms. The Kier molecular flexibility index (Phi) is 7.28. The number of ether oxygens (including phenoxy) is 1. The topological polar surface area (TPSA) is 42.5 Å². The third kappa shape index (κ3) is 5.32. The first kappa shape index (κ1) is 16.2. The van der Waals surface area contributed by atoms with E-state index in [0.717, 1.165) is 32.4 Å². The van der Waals surface area contributed by atoms with Gasteiger partial charge in [-0.2, -0.15) is 5.48 Å². The van der Waals surface area contributed by atoms with Gasteiger partial charge < -0.3 is 10.1 Å². The summed E-state index contributed by atoms with van der Waals surface area (Å²) in [5.74, 6) is -0.337. The highest BCUT2D eigenvalue weighted by molar-refractivity contribution is 4.81. The number of rotatable bonds is 9. The van der Waals surface area contributed by atoms with E-state index in [1.807, 2.05) is 0 Å². The molecular formula is C16H32N2O2. The molecule has 4 nitrogen and oxygen atoms in total. The van der Waals surface area contributed by atoms with Crippen LogP contribution in [0, 0.1) is 0 Å². The SMILES string of the molecule is CCCCCCCCCCC1NOC2(CCNCC2)O1. The predicted molar refractivity (Wildman–Crippen MR) is 81.2 cm³/mol. The summed E-state index contributed by atoms with van der Waals surface area (Å²) in [7, 11) is 0. The summed E-state index contributed by atoms with van der Waals surface area (Å²) in [5, 5.41) is 3.34. The van der Waals surface area contributed by atoms with E-state index in [9.17, 15) is 0 Å². The van der Waals surface area contributed by atoms with E-state index in [1.165, 1.54) is 51.4 Å². The fourth-order valence-corrected chi connectivity index (χ4v) is 3.09. The number of hydroxylamine groups is 1. The van der Waals surface area contributed by atoms with Gasteiger partial charge in [-0.15, -0.1) is 0 Å². The molecule has 2 fully saturated rings. The van der Waals surface area contributed by atoms with Crippen LogP contribution >= 0.6 is 0 Å². The molecule has 0 aromatic heterocycles. The Balaban J connectivity index is 1.46. The van der Waals surface area contributed by atoms with Gasteiger partial charge in [0, 0.05) is 25.9 Å². The van der Waals surface area contributed by atoms with Gasteiger partial charge >= 0.3 is 0 Å². The maximum Gasteiger partial charge on any atom is 0.192 e. The Morgan fingerprint density at radius 1 is 0.950 bits per heavy atom. The van der Waals surface area contributed by atoms with Gasteiger partial charge in [-0.25, -0.2) is 0 Å². The van der Waals surface area contributed by atoms with E-state index in [1.54, 1.807) is 0 Å². The molecule has 2 saturated heterocycles. The summed E-state index contributed by atoms with van der Waals surface area (Å²) in [6.45, 7) is 4.25. The molecule has 1 spiro atoms. The van der Waals surface area contributed by atoms with Crippen LogP contribution in [0.25, 0.3) is 0 Å². The number of unbranched alkanes of at least 4 members (excludes halogenated alkanes) is 7. The van der Waals surface area contributed by atoms with Gasteiger partial charge in [0.05, 0.1) is 0 Å². The molecule has 4 heteroatoms. The minimum Gasteiger partial charge on any atom is -0.328 e. The van der Waals surface area contributed by atoms with Crippen LogP contribution < -0.4 is 10.8 Å². The summed E-state index contributed by atoms with van der Waals surface area (Å²) in [6.07, 6.45) is 14.0. The van der Waals surface area contributed by atoms with Crippen molar-refractivity contribution in [1.29, 1.82) is 0 Å². The zero-order chi connectivity index (χ0) is 14.1. The highest BCUT2D eigenvalue weighted by atomic mass is 16.9. The number of piperidine rings is 1. The highest BCUT2D eigenvalue weighted by Gasteiger charge is 2.42. The predicted octanol–water partition coefficient (Wildman–Crippen LogP) is 3.47. The molecule has 20 heavy (non-hydrogen) atoms. The van der Waals surface area contributed by atoms with Gasteiger partial charge in [-0.1, -0.05) is 51.9 Å². The van der Waals surface area contributed by atoms with Crippen LogP contribution in [-0.4, -0.2) is 25.1 Å². The monoisotopic (exact) mass is 284 g/mol. The molecule has 0 amide bonds. The molecule has 0 saturated carbocycles. The van der Waals surface area contributed by atoms with Crippen LogP contribution in [0.3, 0.4) is 0 Å². The molecule has 2 rings (SSSR count). The maximum absolute atomic E-state index is 6.08. The minimum atomic E-state index is -0.337. The van der Waals surface area contributed by atoms with E-state index in [0.29, 0.717) is 0 Å². The second-order valence-corrected chi connectivity index (χ2v) is 6.25. The van der Waals surface area contributed by atoms with Gasteiger partial charge in [0.2, 0.25) is 0 Å². The molecule has 2 aliphatic heterocycles. The first-order valence-electron chi connectivity index (χ1n) is 8.67. The van der Waals surface area contributed by atoms with E-state index < -0.39 is 0 Å². The summed E-state index contributed by atoms with van der Waals surface area (Å²) in [5.41, 5.74) is 3.09. The van der Waals surface area contributed by atoms with Gasteiger partial charge in [0.1, 0.15) is 6.23 Å². The summed E-state index contributed by atoms with van der Waals surface area (Å²) >= 11 is 0. The first-order chi connectivity index (χ1) is 9.85. The molecule has 1 atom stereocenters. The lowest BCUT2D eigenvalue weighted by Crippen LogP contribution is -2.43. The third-order valence-electron chi connectivity index (χ3n) is 4.42. The van der Waals surface area contributed by atoms with Crippen molar-refractivity contribution in [1.82, 2.24) is 10.8 Å². The Labute approximate surface area is 123 Å². The lowest BCUT2D eigenvalue weighted by Gasteiger charge is -2.30. The zero-order valence-electron chi connectivity index (χ0n) is 13.1. The highest BCUT2D eigenvalue weighted by Crippen LogP contribution is 2.30. The summed E-state index contributed by atoms with van der Waals surface area (Å²) in [4.78, 5) is 5.70. The van der Waals surface area contributed by atoms with Gasteiger partial charge in [-0.3, -0.25) is 4.84 Å². The lowest BCUT2D eigenvalue weighted by molar-refractivity contribution is -0.193.